The Bertz CT molecular complexity index is 325. The van der Waals surface area contributed by atoms with E-state index < -0.39 is 0 Å². The molecule has 1 aliphatic heterocycles. The van der Waals surface area contributed by atoms with Crippen LogP contribution in [-0.2, 0) is 0 Å². The fourth-order valence-corrected chi connectivity index (χ4v) is 3.29. The number of hydrogen-bond acceptors (Lipinski definition) is 3. The van der Waals surface area contributed by atoms with Gasteiger partial charge in [-0.2, -0.15) is 11.8 Å². The number of hydrogen-bond donors (Lipinski definition) is 0. The van der Waals surface area contributed by atoms with Gasteiger partial charge < -0.3 is 9.64 Å². The average molecular weight is 237 g/mol. The van der Waals surface area contributed by atoms with Gasteiger partial charge in [0.2, 0.25) is 0 Å². The van der Waals surface area contributed by atoms with E-state index in [4.69, 9.17) is 4.74 Å². The summed E-state index contributed by atoms with van der Waals surface area (Å²) in [5, 5.41) is 0.649. The van der Waals surface area contributed by atoms with E-state index in [9.17, 15) is 0 Å². The third kappa shape index (κ3) is 2.92. The highest BCUT2D eigenvalue weighted by Crippen LogP contribution is 2.34. The highest BCUT2D eigenvalue weighted by molar-refractivity contribution is 7.99. The zero-order valence-electron chi connectivity index (χ0n) is 9.98. The van der Waals surface area contributed by atoms with Crippen LogP contribution >= 0.6 is 11.8 Å². The molecule has 0 radical (unpaired) electrons. The second-order valence-electron chi connectivity index (χ2n) is 4.22. The molecule has 88 valence electrons. The molecule has 1 atom stereocenters. The van der Waals surface area contributed by atoms with Crippen molar-refractivity contribution in [3.8, 4) is 5.75 Å². The lowest BCUT2D eigenvalue weighted by molar-refractivity contribution is 0.355. The quantitative estimate of drug-likeness (QED) is 0.785. The maximum absolute atomic E-state index is 5.18. The van der Waals surface area contributed by atoms with E-state index in [0.717, 1.165) is 5.75 Å². The molecule has 1 unspecified atom stereocenters. The maximum atomic E-state index is 5.18. The number of thioether (sulfide) groups is 1. The molecule has 1 aromatic rings. The van der Waals surface area contributed by atoms with Crippen LogP contribution in [0.4, 0.5) is 0 Å². The third-order valence-corrected chi connectivity index (χ3v) is 4.38. The lowest BCUT2D eigenvalue weighted by Crippen LogP contribution is -2.20. The summed E-state index contributed by atoms with van der Waals surface area (Å²) in [6, 6.07) is 8.51. The minimum atomic E-state index is 0.649. The van der Waals surface area contributed by atoms with Gasteiger partial charge in [-0.05, 0) is 37.7 Å². The Hall–Kier alpha value is -0.670. The van der Waals surface area contributed by atoms with Gasteiger partial charge in [-0.3, -0.25) is 0 Å². The fourth-order valence-electron chi connectivity index (χ4n) is 1.97. The monoisotopic (exact) mass is 237 g/mol. The largest absolute Gasteiger partial charge is 0.497 e. The van der Waals surface area contributed by atoms with Crippen molar-refractivity contribution in [3.05, 3.63) is 29.8 Å². The number of benzene rings is 1. The molecule has 0 bridgehead atoms. The van der Waals surface area contributed by atoms with Gasteiger partial charge in [0.25, 0.3) is 0 Å². The van der Waals surface area contributed by atoms with Crippen LogP contribution in [0.5, 0.6) is 5.75 Å². The Morgan fingerprint density at radius 3 is 2.69 bits per heavy atom. The normalized spacial score (nSPS) is 22.8. The molecule has 3 heteroatoms. The standard InChI is InChI=1S/C13H19NOS/c1-14-8-7-13(16-10-9-14)11-3-5-12(15-2)6-4-11/h3-6,13H,7-10H2,1-2H3. The van der Waals surface area contributed by atoms with E-state index in [1.165, 1.54) is 30.8 Å². The number of ether oxygens (including phenoxy) is 1. The van der Waals surface area contributed by atoms with Crippen LogP contribution in [0.15, 0.2) is 24.3 Å². The van der Waals surface area contributed by atoms with Gasteiger partial charge in [0.05, 0.1) is 7.11 Å². The summed E-state index contributed by atoms with van der Waals surface area (Å²) in [5.74, 6) is 2.17. The minimum absolute atomic E-state index is 0.649. The molecule has 1 saturated heterocycles. The predicted molar refractivity (Wildman–Crippen MR) is 70.3 cm³/mol. The first kappa shape index (κ1) is 11.8. The molecular formula is C13H19NOS. The van der Waals surface area contributed by atoms with E-state index in [2.05, 4.69) is 48.0 Å². The summed E-state index contributed by atoms with van der Waals surface area (Å²) in [4.78, 5) is 2.41. The second kappa shape index (κ2) is 5.60. The van der Waals surface area contributed by atoms with Crippen molar-refractivity contribution in [2.45, 2.75) is 11.7 Å². The van der Waals surface area contributed by atoms with Crippen molar-refractivity contribution in [1.82, 2.24) is 4.90 Å². The summed E-state index contributed by atoms with van der Waals surface area (Å²) in [5.41, 5.74) is 1.43. The molecule has 0 spiro atoms. The van der Waals surface area contributed by atoms with Crippen molar-refractivity contribution >= 4 is 11.8 Å². The van der Waals surface area contributed by atoms with Gasteiger partial charge in [-0.15, -0.1) is 0 Å². The molecule has 1 aromatic carbocycles. The highest BCUT2D eigenvalue weighted by Gasteiger charge is 2.16. The van der Waals surface area contributed by atoms with Crippen LogP contribution in [0.2, 0.25) is 0 Å². The van der Waals surface area contributed by atoms with Crippen LogP contribution < -0.4 is 4.74 Å². The summed E-state index contributed by atoms with van der Waals surface area (Å²) in [7, 11) is 3.92. The zero-order valence-corrected chi connectivity index (χ0v) is 10.8. The second-order valence-corrected chi connectivity index (χ2v) is 5.54. The van der Waals surface area contributed by atoms with Gasteiger partial charge >= 0.3 is 0 Å². The molecule has 1 fully saturated rings. The Morgan fingerprint density at radius 2 is 2.00 bits per heavy atom. The van der Waals surface area contributed by atoms with Crippen molar-refractivity contribution in [3.63, 3.8) is 0 Å². The average Bonchev–Trinajstić information content (AvgIpc) is 2.54. The van der Waals surface area contributed by atoms with Crippen LogP contribution in [0.25, 0.3) is 0 Å². The van der Waals surface area contributed by atoms with Gasteiger partial charge in [0, 0.05) is 17.5 Å². The molecule has 2 rings (SSSR count). The molecule has 0 aromatic heterocycles. The van der Waals surface area contributed by atoms with Gasteiger partial charge in [0.1, 0.15) is 5.75 Å². The minimum Gasteiger partial charge on any atom is -0.497 e. The molecule has 0 N–H and O–H groups in total. The highest BCUT2D eigenvalue weighted by atomic mass is 32.2. The third-order valence-electron chi connectivity index (χ3n) is 3.05. The molecule has 0 aliphatic carbocycles. The van der Waals surface area contributed by atoms with Crippen molar-refractivity contribution < 1.29 is 4.74 Å². The first-order valence-corrected chi connectivity index (χ1v) is 6.78. The van der Waals surface area contributed by atoms with Crippen LogP contribution in [0.3, 0.4) is 0 Å². The Labute approximate surface area is 102 Å². The molecule has 16 heavy (non-hydrogen) atoms. The Kier molecular flexibility index (Phi) is 4.13. The van der Waals surface area contributed by atoms with E-state index in [1.54, 1.807) is 7.11 Å². The number of rotatable bonds is 2. The van der Waals surface area contributed by atoms with E-state index in [-0.39, 0.29) is 0 Å². The van der Waals surface area contributed by atoms with E-state index in [0.29, 0.717) is 5.25 Å². The molecule has 0 saturated carbocycles. The predicted octanol–water partition coefficient (Wildman–Crippen LogP) is 2.81. The lowest BCUT2D eigenvalue weighted by atomic mass is 10.1. The van der Waals surface area contributed by atoms with Crippen LogP contribution in [-0.4, -0.2) is 37.9 Å². The maximum Gasteiger partial charge on any atom is 0.118 e. The zero-order chi connectivity index (χ0) is 11.4. The molecule has 2 nitrogen and oxygen atoms in total. The molecule has 1 heterocycles. The van der Waals surface area contributed by atoms with E-state index in [1.807, 2.05) is 0 Å². The molecule has 0 amide bonds. The summed E-state index contributed by atoms with van der Waals surface area (Å²) >= 11 is 2.07. The number of nitrogens with zero attached hydrogens (tertiary/aromatic N) is 1. The van der Waals surface area contributed by atoms with E-state index >= 15 is 0 Å². The van der Waals surface area contributed by atoms with Crippen LogP contribution in [0, 0.1) is 0 Å². The first-order chi connectivity index (χ1) is 7.79. The first-order valence-electron chi connectivity index (χ1n) is 5.73. The summed E-state index contributed by atoms with van der Waals surface area (Å²) in [6.45, 7) is 2.40. The smallest absolute Gasteiger partial charge is 0.118 e. The Morgan fingerprint density at radius 1 is 1.25 bits per heavy atom. The molecular weight excluding hydrogens is 218 g/mol. The van der Waals surface area contributed by atoms with Gasteiger partial charge in [0.15, 0.2) is 0 Å². The van der Waals surface area contributed by atoms with Crippen LogP contribution in [0.1, 0.15) is 17.2 Å². The SMILES string of the molecule is COc1ccc(C2CCN(C)CCS2)cc1. The molecule has 1 aliphatic rings. The van der Waals surface area contributed by atoms with Crippen molar-refractivity contribution in [2.75, 3.05) is 33.0 Å². The van der Waals surface area contributed by atoms with Crippen molar-refractivity contribution in [1.29, 1.82) is 0 Å². The topological polar surface area (TPSA) is 12.5 Å². The van der Waals surface area contributed by atoms with Gasteiger partial charge in [-0.25, -0.2) is 0 Å². The number of methoxy groups -OCH3 is 1. The van der Waals surface area contributed by atoms with Gasteiger partial charge in [-0.1, -0.05) is 12.1 Å². The lowest BCUT2D eigenvalue weighted by Gasteiger charge is -2.15. The van der Waals surface area contributed by atoms with Crippen molar-refractivity contribution in [2.24, 2.45) is 0 Å². The Balaban J connectivity index is 2.04. The summed E-state index contributed by atoms with van der Waals surface area (Å²) < 4.78 is 5.18. The summed E-state index contributed by atoms with van der Waals surface area (Å²) in [6.07, 6.45) is 1.24. The fraction of sp³-hybridized carbons (Fsp3) is 0.538.